The highest BCUT2D eigenvalue weighted by Gasteiger charge is 2.42. The summed E-state index contributed by atoms with van der Waals surface area (Å²) in [4.78, 5) is 11.9. The summed E-state index contributed by atoms with van der Waals surface area (Å²) in [6.45, 7) is 9.03. The van der Waals surface area contributed by atoms with E-state index < -0.39 is 0 Å². The van der Waals surface area contributed by atoms with Gasteiger partial charge in [0.2, 0.25) is 0 Å². The van der Waals surface area contributed by atoms with Crippen LogP contribution in [0.4, 0.5) is 5.82 Å². The van der Waals surface area contributed by atoms with Crippen molar-refractivity contribution in [1.82, 2.24) is 26.1 Å². The average Bonchev–Trinajstić information content (AvgIpc) is 3.22. The molecule has 5 N–H and O–H groups in total. The summed E-state index contributed by atoms with van der Waals surface area (Å²) in [5.74, 6) is 1.48. The number of pyridine rings is 2. The number of allylic oxidation sites excluding steroid dienone is 1. The van der Waals surface area contributed by atoms with Crippen LogP contribution >= 0.6 is 0 Å². The summed E-state index contributed by atoms with van der Waals surface area (Å²) < 4.78 is 0. The molecule has 0 aromatic carbocycles. The molecule has 0 saturated carbocycles. The summed E-state index contributed by atoms with van der Waals surface area (Å²) in [5.41, 5.74) is 17.8. The smallest absolute Gasteiger partial charge is 0.136 e. The Morgan fingerprint density at radius 1 is 1.26 bits per heavy atom. The van der Waals surface area contributed by atoms with Crippen LogP contribution in [-0.4, -0.2) is 41.7 Å². The summed E-state index contributed by atoms with van der Waals surface area (Å²) in [6.07, 6.45) is 7.03. The lowest BCUT2D eigenvalue weighted by Gasteiger charge is -2.35. The van der Waals surface area contributed by atoms with Crippen molar-refractivity contribution in [1.29, 1.82) is 0 Å². The minimum Gasteiger partial charge on any atom is -0.355 e. The van der Waals surface area contributed by atoms with E-state index in [0.29, 0.717) is 18.0 Å². The molecule has 0 amide bonds. The van der Waals surface area contributed by atoms with E-state index in [-0.39, 0.29) is 12.1 Å². The zero-order valence-corrected chi connectivity index (χ0v) is 18.2. The van der Waals surface area contributed by atoms with Crippen LogP contribution in [0.1, 0.15) is 55.1 Å². The molecule has 7 heteroatoms. The maximum absolute atomic E-state index is 6.28. The van der Waals surface area contributed by atoms with E-state index in [4.69, 9.17) is 10.7 Å². The molecule has 7 nitrogen and oxygen atoms in total. The lowest BCUT2D eigenvalue weighted by Crippen LogP contribution is -2.46. The standard InChI is InChI=1S/C24H33N7/c1-15(2)18-7-8-20(28-24(18)31-10-4-6-17(25)14-31)23-19-11-21(16-5-3-9-26-12-16)27-13-22(19)29-30-23/h3,5,7-9,12,17,19,21-23,27,29-30H,1,4,6,10-11,13-14,25H2,2H3/t17-,19?,21?,22?,23?/m0/s1. The number of anilines is 1. The van der Waals surface area contributed by atoms with Gasteiger partial charge >= 0.3 is 0 Å². The summed E-state index contributed by atoms with van der Waals surface area (Å²) in [7, 11) is 0. The van der Waals surface area contributed by atoms with E-state index in [2.05, 4.69) is 57.8 Å². The Hall–Kier alpha value is -2.32. The highest BCUT2D eigenvalue weighted by atomic mass is 15.4. The number of hydrazine groups is 1. The van der Waals surface area contributed by atoms with Crippen LogP contribution in [0.5, 0.6) is 0 Å². The number of aromatic nitrogens is 2. The molecule has 3 aliphatic heterocycles. The maximum atomic E-state index is 6.28. The minimum absolute atomic E-state index is 0.169. The molecular weight excluding hydrogens is 386 g/mol. The fraction of sp³-hybridized carbons (Fsp3) is 0.500. The van der Waals surface area contributed by atoms with Crippen LogP contribution in [0.25, 0.3) is 5.57 Å². The van der Waals surface area contributed by atoms with Gasteiger partial charge in [-0.1, -0.05) is 12.6 Å². The molecule has 5 heterocycles. The van der Waals surface area contributed by atoms with Gasteiger partial charge in [0.1, 0.15) is 5.82 Å². The Morgan fingerprint density at radius 3 is 2.94 bits per heavy atom. The molecule has 3 saturated heterocycles. The first-order valence-corrected chi connectivity index (χ1v) is 11.4. The number of hydrogen-bond donors (Lipinski definition) is 4. The van der Waals surface area contributed by atoms with E-state index in [0.717, 1.165) is 61.5 Å². The van der Waals surface area contributed by atoms with Gasteiger partial charge in [-0.05, 0) is 55.5 Å². The Balaban J connectivity index is 1.43. The Labute approximate surface area is 184 Å². The van der Waals surface area contributed by atoms with Crippen molar-refractivity contribution in [2.75, 3.05) is 24.5 Å². The third-order valence-corrected chi connectivity index (χ3v) is 6.98. The summed E-state index contributed by atoms with van der Waals surface area (Å²) in [6, 6.07) is 9.60. The van der Waals surface area contributed by atoms with E-state index in [1.165, 1.54) is 5.56 Å². The fourth-order valence-electron chi connectivity index (χ4n) is 5.31. The van der Waals surface area contributed by atoms with Gasteiger partial charge < -0.3 is 16.0 Å². The van der Waals surface area contributed by atoms with Gasteiger partial charge in [-0.2, -0.15) is 0 Å². The zero-order chi connectivity index (χ0) is 21.4. The minimum atomic E-state index is 0.169. The highest BCUT2D eigenvalue weighted by Crippen LogP contribution is 2.39. The molecule has 5 rings (SSSR count). The van der Waals surface area contributed by atoms with Crippen molar-refractivity contribution in [3.63, 3.8) is 0 Å². The molecule has 3 fully saturated rings. The largest absolute Gasteiger partial charge is 0.355 e. The normalized spacial score (nSPS) is 30.8. The average molecular weight is 420 g/mol. The predicted molar refractivity (Wildman–Crippen MR) is 124 cm³/mol. The van der Waals surface area contributed by atoms with Crippen molar-refractivity contribution >= 4 is 11.4 Å². The van der Waals surface area contributed by atoms with Crippen molar-refractivity contribution in [3.05, 3.63) is 60.1 Å². The summed E-state index contributed by atoms with van der Waals surface area (Å²) >= 11 is 0. The van der Waals surface area contributed by atoms with E-state index in [1.54, 1.807) is 0 Å². The first-order valence-electron chi connectivity index (χ1n) is 11.4. The fourth-order valence-corrected chi connectivity index (χ4v) is 5.31. The van der Waals surface area contributed by atoms with Crippen LogP contribution < -0.4 is 26.8 Å². The second kappa shape index (κ2) is 8.67. The topological polar surface area (TPSA) is 91.1 Å². The van der Waals surface area contributed by atoms with Crippen LogP contribution in [0.3, 0.4) is 0 Å². The van der Waals surface area contributed by atoms with Crippen molar-refractivity contribution in [2.45, 2.75) is 50.4 Å². The Bertz CT molecular complexity index is 931. The number of nitrogens with zero attached hydrogens (tertiary/aromatic N) is 3. The van der Waals surface area contributed by atoms with Crippen LogP contribution in [0, 0.1) is 5.92 Å². The van der Waals surface area contributed by atoms with Crippen molar-refractivity contribution < 1.29 is 0 Å². The van der Waals surface area contributed by atoms with Gasteiger partial charge in [0.25, 0.3) is 0 Å². The molecule has 0 aliphatic carbocycles. The van der Waals surface area contributed by atoms with Gasteiger partial charge in [-0.25, -0.2) is 10.4 Å². The second-order valence-corrected chi connectivity index (χ2v) is 9.26. The Kier molecular flexibility index (Phi) is 5.75. The van der Waals surface area contributed by atoms with E-state index in [9.17, 15) is 0 Å². The maximum Gasteiger partial charge on any atom is 0.136 e. The van der Waals surface area contributed by atoms with E-state index >= 15 is 0 Å². The first-order chi connectivity index (χ1) is 15.1. The number of nitrogens with one attached hydrogen (secondary N) is 3. The lowest BCUT2D eigenvalue weighted by molar-refractivity contribution is 0.265. The molecular formula is C24H33N7. The molecule has 0 bridgehead atoms. The van der Waals surface area contributed by atoms with Crippen molar-refractivity contribution in [2.24, 2.45) is 11.7 Å². The molecule has 2 aromatic heterocycles. The third-order valence-electron chi connectivity index (χ3n) is 6.98. The SMILES string of the molecule is C=C(C)c1ccc(C2NNC3CNC(c4cccnc4)CC32)nc1N1CCC[C@H](N)C1. The van der Waals surface area contributed by atoms with Crippen LogP contribution in [0.15, 0.2) is 43.2 Å². The van der Waals surface area contributed by atoms with Gasteiger partial charge in [0.05, 0.1) is 11.7 Å². The number of fused-ring (bicyclic) bond motifs is 1. The molecule has 164 valence electrons. The molecule has 0 radical (unpaired) electrons. The number of rotatable bonds is 4. The molecule has 5 atom stereocenters. The van der Waals surface area contributed by atoms with Crippen LogP contribution in [-0.2, 0) is 0 Å². The molecule has 2 aromatic rings. The zero-order valence-electron chi connectivity index (χ0n) is 18.2. The third kappa shape index (κ3) is 4.11. The number of hydrogen-bond acceptors (Lipinski definition) is 7. The highest BCUT2D eigenvalue weighted by molar-refractivity contribution is 5.72. The summed E-state index contributed by atoms with van der Waals surface area (Å²) in [5, 5.41) is 3.67. The monoisotopic (exact) mass is 419 g/mol. The Morgan fingerprint density at radius 2 is 2.16 bits per heavy atom. The quantitative estimate of drug-likeness (QED) is 0.604. The molecule has 3 aliphatic rings. The molecule has 31 heavy (non-hydrogen) atoms. The predicted octanol–water partition coefficient (Wildman–Crippen LogP) is 2.31. The van der Waals surface area contributed by atoms with Crippen LogP contribution in [0.2, 0.25) is 0 Å². The van der Waals surface area contributed by atoms with Gasteiger partial charge in [-0.15, -0.1) is 0 Å². The molecule has 4 unspecified atom stereocenters. The lowest BCUT2D eigenvalue weighted by atomic mass is 9.81. The second-order valence-electron chi connectivity index (χ2n) is 9.26. The van der Waals surface area contributed by atoms with Gasteiger partial charge in [0.15, 0.2) is 0 Å². The first kappa shape index (κ1) is 20.6. The van der Waals surface area contributed by atoms with Gasteiger partial charge in [0, 0.05) is 61.6 Å². The molecule has 0 spiro atoms. The number of nitrogens with two attached hydrogens (primary N) is 1. The van der Waals surface area contributed by atoms with Crippen molar-refractivity contribution in [3.8, 4) is 0 Å². The van der Waals surface area contributed by atoms with Gasteiger partial charge in [-0.3, -0.25) is 10.4 Å². The number of piperidine rings is 2. The van der Waals surface area contributed by atoms with E-state index in [1.807, 2.05) is 18.5 Å².